The van der Waals surface area contributed by atoms with Crippen LogP contribution < -0.4 is 5.73 Å². The molecule has 3 nitrogen and oxygen atoms in total. The summed E-state index contributed by atoms with van der Waals surface area (Å²) in [5.74, 6) is 0.292. The molecule has 0 saturated heterocycles. The zero-order valence-electron chi connectivity index (χ0n) is 8.94. The van der Waals surface area contributed by atoms with E-state index in [1.807, 2.05) is 4.90 Å². The third-order valence-electron chi connectivity index (χ3n) is 2.68. The standard InChI is InChI=1S/C12H14FN3/c1-2-7-16-11(8-15-12(16)14)9-3-5-10(13)6-4-9/h2-6,11H,1,7-8H2,(H2,14,15). The van der Waals surface area contributed by atoms with Crippen molar-refractivity contribution in [1.29, 1.82) is 0 Å². The van der Waals surface area contributed by atoms with E-state index in [9.17, 15) is 4.39 Å². The van der Waals surface area contributed by atoms with Crippen LogP contribution in [0.25, 0.3) is 0 Å². The lowest BCUT2D eigenvalue weighted by Gasteiger charge is -2.25. The van der Waals surface area contributed by atoms with Gasteiger partial charge in [-0.25, -0.2) is 4.39 Å². The molecule has 0 fully saturated rings. The second kappa shape index (κ2) is 4.35. The number of hydrogen-bond acceptors (Lipinski definition) is 3. The van der Waals surface area contributed by atoms with E-state index in [4.69, 9.17) is 5.73 Å². The summed E-state index contributed by atoms with van der Waals surface area (Å²) >= 11 is 0. The van der Waals surface area contributed by atoms with Crippen molar-refractivity contribution in [3.05, 3.63) is 48.3 Å². The molecule has 0 bridgehead atoms. The van der Waals surface area contributed by atoms with Gasteiger partial charge in [-0.2, -0.15) is 0 Å². The van der Waals surface area contributed by atoms with Crippen molar-refractivity contribution in [2.24, 2.45) is 10.7 Å². The van der Waals surface area contributed by atoms with Gasteiger partial charge in [0.05, 0.1) is 12.6 Å². The maximum absolute atomic E-state index is 12.8. The van der Waals surface area contributed by atoms with Crippen LogP contribution in [0.15, 0.2) is 41.9 Å². The molecule has 4 heteroatoms. The summed E-state index contributed by atoms with van der Waals surface area (Å²) in [5.41, 5.74) is 6.80. The summed E-state index contributed by atoms with van der Waals surface area (Å²) in [4.78, 5) is 6.15. The maximum atomic E-state index is 12.8. The summed E-state index contributed by atoms with van der Waals surface area (Å²) in [6.07, 6.45) is 1.78. The number of rotatable bonds is 3. The van der Waals surface area contributed by atoms with E-state index < -0.39 is 0 Å². The third-order valence-corrected chi connectivity index (χ3v) is 2.68. The minimum Gasteiger partial charge on any atom is -0.370 e. The zero-order chi connectivity index (χ0) is 11.5. The summed E-state index contributed by atoms with van der Waals surface area (Å²) in [6.45, 7) is 4.96. The van der Waals surface area contributed by atoms with Gasteiger partial charge < -0.3 is 10.6 Å². The van der Waals surface area contributed by atoms with Crippen LogP contribution in [0.3, 0.4) is 0 Å². The minimum absolute atomic E-state index is 0.0959. The molecule has 1 heterocycles. The van der Waals surface area contributed by atoms with Gasteiger partial charge in [0.15, 0.2) is 5.96 Å². The fraction of sp³-hybridized carbons (Fsp3) is 0.250. The fourth-order valence-electron chi connectivity index (χ4n) is 1.86. The van der Waals surface area contributed by atoms with Gasteiger partial charge in [-0.15, -0.1) is 6.58 Å². The van der Waals surface area contributed by atoms with E-state index in [0.29, 0.717) is 19.0 Å². The number of hydrogen-bond donors (Lipinski definition) is 1. The Morgan fingerprint density at radius 1 is 1.50 bits per heavy atom. The largest absolute Gasteiger partial charge is 0.370 e. The molecule has 0 radical (unpaired) electrons. The summed E-state index contributed by atoms with van der Waals surface area (Å²) in [5, 5.41) is 0. The predicted octanol–water partition coefficient (Wildman–Crippen LogP) is 1.68. The van der Waals surface area contributed by atoms with Crippen molar-refractivity contribution in [3.63, 3.8) is 0 Å². The molecule has 1 atom stereocenters. The van der Waals surface area contributed by atoms with Crippen LogP contribution in [0.5, 0.6) is 0 Å². The first kappa shape index (κ1) is 10.7. The minimum atomic E-state index is -0.231. The van der Waals surface area contributed by atoms with Crippen molar-refractivity contribution < 1.29 is 4.39 Å². The molecule has 1 aromatic rings. The number of benzene rings is 1. The Morgan fingerprint density at radius 3 is 2.81 bits per heavy atom. The van der Waals surface area contributed by atoms with Gasteiger partial charge in [-0.1, -0.05) is 18.2 Å². The van der Waals surface area contributed by atoms with Crippen molar-refractivity contribution in [2.45, 2.75) is 6.04 Å². The molecule has 2 N–H and O–H groups in total. The van der Waals surface area contributed by atoms with Gasteiger partial charge >= 0.3 is 0 Å². The molecule has 0 aliphatic carbocycles. The summed E-state index contributed by atoms with van der Waals surface area (Å²) in [7, 11) is 0. The lowest BCUT2D eigenvalue weighted by Crippen LogP contribution is -2.36. The van der Waals surface area contributed by atoms with Crippen LogP contribution in [-0.2, 0) is 0 Å². The third kappa shape index (κ3) is 1.91. The van der Waals surface area contributed by atoms with Gasteiger partial charge in [0.2, 0.25) is 0 Å². The SMILES string of the molecule is C=CCN1C(N)=NCC1c1ccc(F)cc1. The normalized spacial score (nSPS) is 19.7. The Labute approximate surface area is 94.1 Å². The average Bonchev–Trinajstić information content (AvgIpc) is 2.63. The van der Waals surface area contributed by atoms with Gasteiger partial charge in [-0.05, 0) is 17.7 Å². The highest BCUT2D eigenvalue weighted by Gasteiger charge is 2.26. The summed E-state index contributed by atoms with van der Waals surface area (Å²) < 4.78 is 12.8. The second-order valence-electron chi connectivity index (χ2n) is 3.71. The van der Waals surface area contributed by atoms with E-state index in [2.05, 4.69) is 11.6 Å². The number of nitrogens with zero attached hydrogens (tertiary/aromatic N) is 2. The fourth-order valence-corrected chi connectivity index (χ4v) is 1.86. The van der Waals surface area contributed by atoms with Crippen LogP contribution in [0, 0.1) is 5.82 Å². The Morgan fingerprint density at radius 2 is 2.19 bits per heavy atom. The maximum Gasteiger partial charge on any atom is 0.192 e. The molecule has 0 aromatic heterocycles. The van der Waals surface area contributed by atoms with E-state index in [-0.39, 0.29) is 11.9 Å². The average molecular weight is 219 g/mol. The van der Waals surface area contributed by atoms with E-state index >= 15 is 0 Å². The number of nitrogens with two attached hydrogens (primary N) is 1. The molecular formula is C12H14FN3. The molecule has 84 valence electrons. The molecule has 0 amide bonds. The number of aliphatic imine (C=N–C) groups is 1. The predicted molar refractivity (Wildman–Crippen MR) is 62.5 cm³/mol. The smallest absolute Gasteiger partial charge is 0.192 e. The van der Waals surface area contributed by atoms with Crippen LogP contribution in [0.2, 0.25) is 0 Å². The zero-order valence-corrected chi connectivity index (χ0v) is 8.94. The first-order valence-corrected chi connectivity index (χ1v) is 5.15. The molecule has 1 aliphatic heterocycles. The molecule has 0 spiro atoms. The Kier molecular flexibility index (Phi) is 2.90. The Balaban J connectivity index is 2.21. The highest BCUT2D eigenvalue weighted by atomic mass is 19.1. The van der Waals surface area contributed by atoms with E-state index in [0.717, 1.165) is 5.56 Å². The van der Waals surface area contributed by atoms with Gasteiger partial charge in [0.1, 0.15) is 5.82 Å². The number of guanidine groups is 1. The molecule has 2 rings (SSSR count). The quantitative estimate of drug-likeness (QED) is 0.786. The van der Waals surface area contributed by atoms with Crippen molar-refractivity contribution in [3.8, 4) is 0 Å². The van der Waals surface area contributed by atoms with E-state index in [1.165, 1.54) is 12.1 Å². The lowest BCUT2D eigenvalue weighted by atomic mass is 10.1. The molecular weight excluding hydrogens is 205 g/mol. The van der Waals surface area contributed by atoms with Gasteiger partial charge in [-0.3, -0.25) is 4.99 Å². The van der Waals surface area contributed by atoms with Crippen LogP contribution in [-0.4, -0.2) is 23.9 Å². The highest BCUT2D eigenvalue weighted by Crippen LogP contribution is 2.25. The van der Waals surface area contributed by atoms with Crippen LogP contribution in [0.1, 0.15) is 11.6 Å². The second-order valence-corrected chi connectivity index (χ2v) is 3.71. The van der Waals surface area contributed by atoms with Crippen LogP contribution >= 0.6 is 0 Å². The van der Waals surface area contributed by atoms with Crippen LogP contribution in [0.4, 0.5) is 4.39 Å². The monoisotopic (exact) mass is 219 g/mol. The molecule has 16 heavy (non-hydrogen) atoms. The molecule has 1 aliphatic rings. The summed E-state index contributed by atoms with van der Waals surface area (Å²) in [6, 6.07) is 6.54. The molecule has 1 aromatic carbocycles. The van der Waals surface area contributed by atoms with E-state index in [1.54, 1.807) is 18.2 Å². The molecule has 1 unspecified atom stereocenters. The Hall–Kier alpha value is -1.84. The Bertz CT molecular complexity index is 411. The first-order valence-electron chi connectivity index (χ1n) is 5.15. The van der Waals surface area contributed by atoms with Gasteiger partial charge in [0.25, 0.3) is 0 Å². The number of halogens is 1. The lowest BCUT2D eigenvalue weighted by molar-refractivity contribution is 0.380. The van der Waals surface area contributed by atoms with Crippen molar-refractivity contribution in [1.82, 2.24) is 4.90 Å². The topological polar surface area (TPSA) is 41.6 Å². The van der Waals surface area contributed by atoms with Gasteiger partial charge in [0, 0.05) is 6.54 Å². The molecule has 0 saturated carbocycles. The van der Waals surface area contributed by atoms with Crippen molar-refractivity contribution in [2.75, 3.05) is 13.1 Å². The first-order chi connectivity index (χ1) is 7.72. The highest BCUT2D eigenvalue weighted by molar-refractivity contribution is 5.80. The van der Waals surface area contributed by atoms with Crippen molar-refractivity contribution >= 4 is 5.96 Å².